The first-order chi connectivity index (χ1) is 14.2. The highest BCUT2D eigenvalue weighted by Gasteiger charge is 2.89. The Kier molecular flexibility index (Phi) is 4.03. The molecule has 0 aromatic carbocycles. The van der Waals surface area contributed by atoms with Crippen LogP contribution in [0.25, 0.3) is 11.0 Å². The molecule has 1 saturated heterocycles. The third kappa shape index (κ3) is 2.10. The second-order valence-corrected chi connectivity index (χ2v) is 9.73. The molecule has 0 radical (unpaired) electrons. The minimum absolute atomic E-state index is 0. The molecule has 2 atom stereocenters. The van der Waals surface area contributed by atoms with Crippen LogP contribution in [-0.2, 0) is 16.1 Å². The summed E-state index contributed by atoms with van der Waals surface area (Å²) in [7, 11) is 0. The molecule has 9 rings (SSSR count). The first-order valence-electron chi connectivity index (χ1n) is 11.0. The van der Waals surface area contributed by atoms with Crippen molar-refractivity contribution in [3.8, 4) is 0 Å². The van der Waals surface area contributed by atoms with Crippen molar-refractivity contribution in [3.63, 3.8) is 0 Å². The summed E-state index contributed by atoms with van der Waals surface area (Å²) in [4.78, 5) is 24.7. The molecule has 30 heavy (non-hydrogen) atoms. The van der Waals surface area contributed by atoms with Gasteiger partial charge in [0.1, 0.15) is 12.1 Å². The number of ether oxygens (including phenoxy) is 1. The van der Waals surface area contributed by atoms with E-state index >= 15 is 0 Å². The lowest BCUT2D eigenvalue weighted by Crippen LogP contribution is -2.68. The molecule has 7 fully saturated rings. The quantitative estimate of drug-likeness (QED) is 0.780. The van der Waals surface area contributed by atoms with E-state index in [1.165, 1.54) is 25.7 Å². The average molecular weight is 431 g/mol. The van der Waals surface area contributed by atoms with Crippen molar-refractivity contribution >= 4 is 35.2 Å². The summed E-state index contributed by atoms with van der Waals surface area (Å²) in [5.41, 5.74) is 1.05. The van der Waals surface area contributed by atoms with Gasteiger partial charge in [0.2, 0.25) is 5.91 Å². The summed E-state index contributed by atoms with van der Waals surface area (Å²) in [6.45, 7) is 5.20. The number of carbonyl (C=O) groups is 1. The van der Waals surface area contributed by atoms with Crippen LogP contribution in [0.4, 0.5) is 5.82 Å². The highest BCUT2D eigenvalue weighted by atomic mass is 35.5. The van der Waals surface area contributed by atoms with Gasteiger partial charge in [-0.15, -0.1) is 12.4 Å². The number of halogens is 1. The zero-order valence-electron chi connectivity index (χ0n) is 16.9. The molecular weight excluding hydrogens is 404 g/mol. The predicted octanol–water partition coefficient (Wildman–Crippen LogP) is 1.95. The van der Waals surface area contributed by atoms with Crippen LogP contribution in [-0.4, -0.2) is 63.4 Å². The van der Waals surface area contributed by atoms with E-state index in [1.807, 2.05) is 4.68 Å². The van der Waals surface area contributed by atoms with Crippen LogP contribution in [0, 0.1) is 28.6 Å². The van der Waals surface area contributed by atoms with Gasteiger partial charge in [-0.05, 0) is 48.9 Å². The maximum absolute atomic E-state index is 13.4. The topological polar surface area (TPSA) is 85.2 Å². The van der Waals surface area contributed by atoms with Gasteiger partial charge in [0, 0.05) is 19.6 Å². The van der Waals surface area contributed by atoms with Crippen molar-refractivity contribution < 1.29 is 9.53 Å². The van der Waals surface area contributed by atoms with E-state index in [1.54, 1.807) is 12.5 Å². The maximum Gasteiger partial charge on any atom is 0.232 e. The molecule has 1 amide bonds. The summed E-state index contributed by atoms with van der Waals surface area (Å²) >= 11 is 0. The third-order valence-electron chi connectivity index (χ3n) is 9.03. The van der Waals surface area contributed by atoms with E-state index in [0.29, 0.717) is 23.1 Å². The van der Waals surface area contributed by atoms with E-state index in [2.05, 4.69) is 25.3 Å². The summed E-state index contributed by atoms with van der Waals surface area (Å²) in [6.07, 6.45) is 8.44. The molecule has 6 aliphatic carbocycles. The van der Waals surface area contributed by atoms with E-state index in [-0.39, 0.29) is 23.7 Å². The number of rotatable bonds is 5. The fourth-order valence-electron chi connectivity index (χ4n) is 7.98. The highest BCUT2D eigenvalue weighted by molar-refractivity contribution is 6.03. The molecule has 3 heterocycles. The number of aromatic nitrogens is 4. The fraction of sp³-hybridized carbons (Fsp3) is 0.714. The Morgan fingerprint density at radius 1 is 1.13 bits per heavy atom. The first-order valence-corrected chi connectivity index (χ1v) is 11.0. The van der Waals surface area contributed by atoms with E-state index in [0.717, 1.165) is 56.3 Å². The number of anilines is 1. The van der Waals surface area contributed by atoms with Crippen molar-refractivity contribution in [2.75, 3.05) is 38.2 Å². The van der Waals surface area contributed by atoms with Crippen LogP contribution < -0.4 is 5.32 Å². The summed E-state index contributed by atoms with van der Waals surface area (Å²) < 4.78 is 7.34. The zero-order valence-corrected chi connectivity index (χ0v) is 17.7. The Morgan fingerprint density at radius 3 is 2.63 bits per heavy atom. The minimum atomic E-state index is -0.0821. The van der Waals surface area contributed by atoms with Crippen molar-refractivity contribution in [3.05, 3.63) is 12.5 Å². The first kappa shape index (κ1) is 19.0. The second kappa shape index (κ2) is 6.37. The van der Waals surface area contributed by atoms with Gasteiger partial charge in [0.25, 0.3) is 0 Å². The Labute approximate surface area is 181 Å². The number of hydrogen-bond acceptors (Lipinski definition) is 6. The molecule has 2 unspecified atom stereocenters. The lowest BCUT2D eigenvalue weighted by atomic mass is 9.36. The molecule has 2 aromatic rings. The number of carbonyl (C=O) groups excluding carboxylic acids is 1. The minimum Gasteiger partial charge on any atom is -0.379 e. The van der Waals surface area contributed by atoms with Crippen LogP contribution in [0.2, 0.25) is 0 Å². The van der Waals surface area contributed by atoms with Crippen LogP contribution >= 0.6 is 12.4 Å². The molecule has 6 saturated carbocycles. The largest absolute Gasteiger partial charge is 0.379 e. The van der Waals surface area contributed by atoms with Crippen LogP contribution in [0.15, 0.2) is 12.5 Å². The van der Waals surface area contributed by atoms with Crippen LogP contribution in [0.3, 0.4) is 0 Å². The van der Waals surface area contributed by atoms with E-state index < -0.39 is 0 Å². The van der Waals surface area contributed by atoms with Crippen molar-refractivity contribution in [2.45, 2.75) is 32.2 Å². The molecule has 1 N–H and O–H groups in total. The molecule has 2 aromatic heterocycles. The molecule has 9 heteroatoms. The van der Waals surface area contributed by atoms with Crippen molar-refractivity contribution in [2.24, 2.45) is 28.6 Å². The van der Waals surface area contributed by atoms with E-state index in [9.17, 15) is 4.79 Å². The van der Waals surface area contributed by atoms with Crippen LogP contribution in [0.1, 0.15) is 25.7 Å². The second-order valence-electron chi connectivity index (χ2n) is 9.73. The average Bonchev–Trinajstić information content (AvgIpc) is 3.46. The molecule has 1 spiro atoms. The van der Waals surface area contributed by atoms with Gasteiger partial charge in [-0.2, -0.15) is 5.10 Å². The number of nitrogens with one attached hydrogen (secondary N) is 1. The number of nitrogens with zero attached hydrogens (tertiary/aromatic N) is 5. The Morgan fingerprint density at radius 2 is 1.90 bits per heavy atom. The monoisotopic (exact) mass is 430 g/mol. The number of morpholine rings is 1. The fourth-order valence-corrected chi connectivity index (χ4v) is 7.98. The summed E-state index contributed by atoms with van der Waals surface area (Å²) in [6, 6.07) is 0. The Hall–Kier alpha value is -1.77. The predicted molar refractivity (Wildman–Crippen MR) is 112 cm³/mol. The summed E-state index contributed by atoms with van der Waals surface area (Å²) in [5, 5.41) is 8.59. The molecule has 8 nitrogen and oxygen atoms in total. The Balaban J connectivity index is 0.00000175. The maximum atomic E-state index is 13.4. The Bertz CT molecular complexity index is 998. The van der Waals surface area contributed by atoms with Gasteiger partial charge in [0.15, 0.2) is 5.65 Å². The number of hydrogen-bond donors (Lipinski definition) is 1. The third-order valence-corrected chi connectivity index (χ3v) is 9.03. The standard InChI is InChI=1S/C21H26N6O2.ClH/c28-19(21-14-7-13-8-15(21)10-20(13,21)9-14)25-17-16-11-24-27(18(16)23-12-22-17)2-1-26-3-5-29-6-4-26;/h11-15H,1-10H2,(H,22,23,25,28);1H. The normalized spacial score (nSPS) is 38.1. The van der Waals surface area contributed by atoms with Gasteiger partial charge in [0.05, 0.1) is 36.8 Å². The number of amides is 1. The SMILES string of the molecule is Cl.O=C(Nc1ncnc2c1cnn2CCN1CCOCC1)C12C3CC4CC1CC42C3. The van der Waals surface area contributed by atoms with E-state index in [4.69, 9.17) is 4.74 Å². The van der Waals surface area contributed by atoms with Gasteiger partial charge in [-0.3, -0.25) is 9.69 Å². The molecule has 1 aliphatic heterocycles. The van der Waals surface area contributed by atoms with Gasteiger partial charge >= 0.3 is 0 Å². The molecular formula is C21H27ClN6O2. The molecule has 7 aliphatic rings. The summed E-state index contributed by atoms with van der Waals surface area (Å²) in [5.74, 6) is 2.85. The lowest BCUT2D eigenvalue weighted by Gasteiger charge is -2.66. The lowest BCUT2D eigenvalue weighted by molar-refractivity contribution is -0.201. The van der Waals surface area contributed by atoms with Crippen molar-refractivity contribution in [1.82, 2.24) is 24.6 Å². The van der Waals surface area contributed by atoms with Crippen LogP contribution in [0.5, 0.6) is 0 Å². The molecule has 5 bridgehead atoms. The number of fused-ring (bicyclic) bond motifs is 1. The zero-order chi connectivity index (χ0) is 19.2. The van der Waals surface area contributed by atoms with Crippen molar-refractivity contribution in [1.29, 1.82) is 0 Å². The highest BCUT2D eigenvalue weighted by Crippen LogP contribution is 2.91. The smallest absolute Gasteiger partial charge is 0.232 e. The van der Waals surface area contributed by atoms with Gasteiger partial charge in [-0.25, -0.2) is 14.6 Å². The van der Waals surface area contributed by atoms with Gasteiger partial charge < -0.3 is 10.1 Å². The van der Waals surface area contributed by atoms with Gasteiger partial charge in [-0.1, -0.05) is 0 Å². The molecule has 160 valence electrons.